The van der Waals surface area contributed by atoms with Crippen molar-refractivity contribution in [3.8, 4) is 0 Å². The largest absolute Gasteiger partial charge is 0.349 e. The zero-order valence-corrected chi connectivity index (χ0v) is 11.7. The summed E-state index contributed by atoms with van der Waals surface area (Å²) in [6.07, 6.45) is 1.29. The molecule has 23 heavy (non-hydrogen) atoms. The van der Waals surface area contributed by atoms with E-state index in [4.69, 9.17) is 0 Å². The Morgan fingerprint density at radius 2 is 1.78 bits per heavy atom. The third-order valence-corrected chi connectivity index (χ3v) is 3.21. The van der Waals surface area contributed by atoms with Crippen LogP contribution >= 0.6 is 0 Å². The molecule has 0 saturated carbocycles. The highest BCUT2D eigenvalue weighted by Gasteiger charge is 2.06. The van der Waals surface area contributed by atoms with Crippen LogP contribution in [-0.4, -0.2) is 20.8 Å². The molecule has 1 heterocycles. The smallest absolute Gasteiger partial charge is 0.305 e. The van der Waals surface area contributed by atoms with Gasteiger partial charge in [0.15, 0.2) is 0 Å². The second-order valence-corrected chi connectivity index (χ2v) is 4.69. The molecule has 0 spiro atoms. The topological polar surface area (TPSA) is 110 Å². The molecule has 0 amide bonds. The molecule has 0 radical (unpaired) electrons. The minimum atomic E-state index is -0.660. The lowest BCUT2D eigenvalue weighted by Gasteiger charge is -2.00. The molecule has 0 aliphatic rings. The third kappa shape index (κ3) is 2.77. The summed E-state index contributed by atoms with van der Waals surface area (Å²) in [6.45, 7) is 0. The van der Waals surface area contributed by atoms with Crippen molar-refractivity contribution in [1.29, 1.82) is 0 Å². The van der Waals surface area contributed by atoms with Crippen molar-refractivity contribution in [2.75, 3.05) is 0 Å². The quantitative estimate of drug-likeness (QED) is 0.448. The Hall–Kier alpha value is -3.55. The van der Waals surface area contributed by atoms with Crippen LogP contribution in [0, 0.1) is 10.1 Å². The number of aromatic amines is 1. The predicted molar refractivity (Wildman–Crippen MR) is 84.9 cm³/mol. The van der Waals surface area contributed by atoms with Gasteiger partial charge in [0, 0.05) is 12.1 Å². The molecule has 114 valence electrons. The first-order valence-corrected chi connectivity index (χ1v) is 6.59. The van der Waals surface area contributed by atoms with E-state index in [-0.39, 0.29) is 5.69 Å². The summed E-state index contributed by atoms with van der Waals surface area (Å²) in [6, 6.07) is 12.2. The molecule has 8 heteroatoms. The standard InChI is InChI=1S/C15H10N4O4/c20-14-12-3-1-2-4-13(12)17-15(21)18(14)16-9-10-5-7-11(8-6-10)19(22)23/h1-9H,(H,17,21). The summed E-state index contributed by atoms with van der Waals surface area (Å²) in [5.74, 6) is 0. The van der Waals surface area contributed by atoms with Gasteiger partial charge in [0.25, 0.3) is 11.2 Å². The van der Waals surface area contributed by atoms with E-state index in [0.29, 0.717) is 21.1 Å². The van der Waals surface area contributed by atoms with Crippen molar-refractivity contribution in [1.82, 2.24) is 9.66 Å². The van der Waals surface area contributed by atoms with E-state index in [1.165, 1.54) is 30.5 Å². The van der Waals surface area contributed by atoms with Crippen molar-refractivity contribution in [3.05, 3.63) is 85.0 Å². The lowest BCUT2D eigenvalue weighted by molar-refractivity contribution is -0.384. The molecule has 1 aromatic heterocycles. The van der Waals surface area contributed by atoms with Crippen molar-refractivity contribution < 1.29 is 4.92 Å². The van der Waals surface area contributed by atoms with Crippen LogP contribution in [0.25, 0.3) is 10.9 Å². The molecule has 0 fully saturated rings. The van der Waals surface area contributed by atoms with Crippen LogP contribution in [0.4, 0.5) is 5.69 Å². The SMILES string of the molecule is O=c1[nH]c2ccccc2c(=O)n1N=Cc1ccc([N+](=O)[O-])cc1. The number of aromatic nitrogens is 2. The molecule has 0 aliphatic carbocycles. The summed E-state index contributed by atoms with van der Waals surface area (Å²) in [4.78, 5) is 36.8. The van der Waals surface area contributed by atoms with Crippen LogP contribution in [0.15, 0.2) is 63.2 Å². The molecular formula is C15H10N4O4. The lowest BCUT2D eigenvalue weighted by Crippen LogP contribution is -2.32. The van der Waals surface area contributed by atoms with Gasteiger partial charge in [-0.1, -0.05) is 12.1 Å². The van der Waals surface area contributed by atoms with E-state index in [0.717, 1.165) is 0 Å². The number of H-pyrrole nitrogens is 1. The summed E-state index contributed by atoms with van der Waals surface area (Å²) in [5, 5.41) is 14.8. The Kier molecular flexibility index (Phi) is 3.55. The average molecular weight is 310 g/mol. The number of nitro groups is 1. The second kappa shape index (κ2) is 5.68. The van der Waals surface area contributed by atoms with E-state index in [1.54, 1.807) is 24.3 Å². The van der Waals surface area contributed by atoms with Crippen LogP contribution < -0.4 is 11.2 Å². The number of fused-ring (bicyclic) bond motifs is 1. The van der Waals surface area contributed by atoms with Gasteiger partial charge >= 0.3 is 5.69 Å². The second-order valence-electron chi connectivity index (χ2n) is 4.69. The number of hydrogen-bond acceptors (Lipinski definition) is 5. The molecule has 0 aliphatic heterocycles. The maximum Gasteiger partial charge on any atom is 0.349 e. The Labute approximate surface area is 128 Å². The molecule has 2 aromatic carbocycles. The third-order valence-electron chi connectivity index (χ3n) is 3.21. The minimum Gasteiger partial charge on any atom is -0.305 e. The van der Waals surface area contributed by atoms with Gasteiger partial charge < -0.3 is 4.98 Å². The van der Waals surface area contributed by atoms with Crippen molar-refractivity contribution in [2.24, 2.45) is 5.10 Å². The summed E-state index contributed by atoms with van der Waals surface area (Å²) in [5.41, 5.74) is -0.295. The fraction of sp³-hybridized carbons (Fsp3) is 0. The molecule has 3 aromatic rings. The average Bonchev–Trinajstić information content (AvgIpc) is 2.55. The fourth-order valence-corrected chi connectivity index (χ4v) is 2.06. The molecule has 1 N–H and O–H groups in total. The van der Waals surface area contributed by atoms with Crippen LogP contribution in [0.5, 0.6) is 0 Å². The first-order valence-electron chi connectivity index (χ1n) is 6.59. The number of benzene rings is 2. The monoisotopic (exact) mass is 310 g/mol. The maximum atomic E-state index is 12.3. The zero-order valence-electron chi connectivity index (χ0n) is 11.7. The highest BCUT2D eigenvalue weighted by atomic mass is 16.6. The number of rotatable bonds is 3. The summed E-state index contributed by atoms with van der Waals surface area (Å²) >= 11 is 0. The Morgan fingerprint density at radius 3 is 2.48 bits per heavy atom. The molecule has 0 unspecified atom stereocenters. The molecule has 0 atom stereocenters. The molecule has 0 bridgehead atoms. The van der Waals surface area contributed by atoms with Crippen molar-refractivity contribution in [2.45, 2.75) is 0 Å². The van der Waals surface area contributed by atoms with Crippen molar-refractivity contribution in [3.63, 3.8) is 0 Å². The number of nitrogens with zero attached hydrogens (tertiary/aromatic N) is 3. The normalized spacial score (nSPS) is 11.1. The van der Waals surface area contributed by atoms with Gasteiger partial charge in [0.2, 0.25) is 0 Å². The van der Waals surface area contributed by atoms with Crippen LogP contribution in [0.2, 0.25) is 0 Å². The van der Waals surface area contributed by atoms with Crippen LogP contribution in [-0.2, 0) is 0 Å². The fourth-order valence-electron chi connectivity index (χ4n) is 2.06. The number of nitro benzene ring substituents is 1. The van der Waals surface area contributed by atoms with E-state index >= 15 is 0 Å². The Bertz CT molecular complexity index is 1030. The molecule has 0 saturated heterocycles. The maximum absolute atomic E-state index is 12.3. The van der Waals surface area contributed by atoms with Gasteiger partial charge in [-0.2, -0.15) is 5.10 Å². The van der Waals surface area contributed by atoms with E-state index < -0.39 is 16.2 Å². The van der Waals surface area contributed by atoms with Crippen molar-refractivity contribution >= 4 is 22.8 Å². The van der Waals surface area contributed by atoms with E-state index in [1.807, 2.05) is 0 Å². The minimum absolute atomic E-state index is 0.0529. The van der Waals surface area contributed by atoms with Gasteiger partial charge in [-0.05, 0) is 29.8 Å². The summed E-state index contributed by atoms with van der Waals surface area (Å²) in [7, 11) is 0. The number of hydrogen-bond donors (Lipinski definition) is 1. The molecular weight excluding hydrogens is 300 g/mol. The Balaban J connectivity index is 2.02. The van der Waals surface area contributed by atoms with E-state index in [2.05, 4.69) is 10.1 Å². The van der Waals surface area contributed by atoms with Gasteiger partial charge in [-0.25, -0.2) is 4.79 Å². The number of nitrogens with one attached hydrogen (secondary N) is 1. The first-order chi connectivity index (χ1) is 11.1. The predicted octanol–water partition coefficient (Wildman–Crippen LogP) is 1.48. The Morgan fingerprint density at radius 1 is 1.09 bits per heavy atom. The van der Waals surface area contributed by atoms with Gasteiger partial charge in [-0.15, -0.1) is 4.68 Å². The van der Waals surface area contributed by atoms with Crippen LogP contribution in [0.1, 0.15) is 5.56 Å². The van der Waals surface area contributed by atoms with Gasteiger partial charge in [0.1, 0.15) is 0 Å². The highest BCUT2D eigenvalue weighted by molar-refractivity contribution is 5.80. The molecule has 8 nitrogen and oxygen atoms in total. The van der Waals surface area contributed by atoms with Gasteiger partial charge in [0.05, 0.1) is 22.0 Å². The van der Waals surface area contributed by atoms with Gasteiger partial charge in [-0.3, -0.25) is 14.9 Å². The lowest BCUT2D eigenvalue weighted by atomic mass is 10.2. The van der Waals surface area contributed by atoms with Crippen LogP contribution in [0.3, 0.4) is 0 Å². The highest BCUT2D eigenvalue weighted by Crippen LogP contribution is 2.10. The zero-order chi connectivity index (χ0) is 16.4. The summed E-state index contributed by atoms with van der Waals surface area (Å²) < 4.78 is 0.712. The first kappa shape index (κ1) is 14.4. The molecule has 3 rings (SSSR count). The van der Waals surface area contributed by atoms with E-state index in [9.17, 15) is 19.7 Å². The number of non-ortho nitro benzene ring substituents is 1. The number of para-hydroxylation sites is 1.